The molecule has 0 fully saturated rings. The van der Waals surface area contributed by atoms with Gasteiger partial charge in [-0.25, -0.2) is 0 Å². The van der Waals surface area contributed by atoms with Crippen LogP contribution in [0.3, 0.4) is 0 Å². The van der Waals surface area contributed by atoms with Crippen LogP contribution in [0.5, 0.6) is 11.5 Å². The van der Waals surface area contributed by atoms with Crippen LogP contribution in [0.4, 0.5) is 0 Å². The molecule has 1 aromatic carbocycles. The van der Waals surface area contributed by atoms with Gasteiger partial charge >= 0.3 is 0 Å². The van der Waals surface area contributed by atoms with Crippen molar-refractivity contribution in [2.24, 2.45) is 0 Å². The summed E-state index contributed by atoms with van der Waals surface area (Å²) in [6.07, 6.45) is -0.933. The molecule has 5 nitrogen and oxygen atoms in total. The third-order valence-electron chi connectivity index (χ3n) is 2.32. The van der Waals surface area contributed by atoms with Gasteiger partial charge in [-0.3, -0.25) is 4.79 Å². The van der Waals surface area contributed by atoms with E-state index in [1.807, 2.05) is 0 Å². The van der Waals surface area contributed by atoms with E-state index in [0.29, 0.717) is 17.1 Å². The van der Waals surface area contributed by atoms with Gasteiger partial charge in [-0.1, -0.05) is 0 Å². The zero-order valence-electron chi connectivity index (χ0n) is 10.4. The predicted octanol–water partition coefficient (Wildman–Crippen LogP) is 1.51. The standard InChI is InChI=1S/C12H16O5/c1-14-8-5-6-9(10(7-8)15-2)11(13)12(16-3)17-4/h5-7,12H,1-4H3. The van der Waals surface area contributed by atoms with Gasteiger partial charge in [0.25, 0.3) is 0 Å². The first-order valence-electron chi connectivity index (χ1n) is 4.99. The molecular formula is C12H16O5. The molecule has 17 heavy (non-hydrogen) atoms. The molecule has 0 amide bonds. The molecule has 0 heterocycles. The van der Waals surface area contributed by atoms with Crippen molar-refractivity contribution in [1.82, 2.24) is 0 Å². The first-order chi connectivity index (χ1) is 8.17. The van der Waals surface area contributed by atoms with E-state index >= 15 is 0 Å². The lowest BCUT2D eigenvalue weighted by molar-refractivity contribution is -0.0743. The highest BCUT2D eigenvalue weighted by Crippen LogP contribution is 2.26. The van der Waals surface area contributed by atoms with Crippen molar-refractivity contribution in [1.29, 1.82) is 0 Å². The molecule has 1 rings (SSSR count). The highest BCUT2D eigenvalue weighted by molar-refractivity contribution is 6.01. The maximum absolute atomic E-state index is 12.0. The molecule has 0 atom stereocenters. The summed E-state index contributed by atoms with van der Waals surface area (Å²) < 4.78 is 20.0. The lowest BCUT2D eigenvalue weighted by Crippen LogP contribution is -2.25. The minimum atomic E-state index is -0.933. The Morgan fingerprint density at radius 3 is 2.18 bits per heavy atom. The molecule has 1 aromatic rings. The van der Waals surface area contributed by atoms with Crippen LogP contribution in [0.2, 0.25) is 0 Å². The summed E-state index contributed by atoms with van der Waals surface area (Å²) in [6.45, 7) is 0. The van der Waals surface area contributed by atoms with E-state index in [9.17, 15) is 4.79 Å². The second kappa shape index (κ2) is 6.22. The molecule has 0 N–H and O–H groups in total. The van der Waals surface area contributed by atoms with Crippen molar-refractivity contribution < 1.29 is 23.7 Å². The Labute approximate surface area is 100 Å². The lowest BCUT2D eigenvalue weighted by Gasteiger charge is -2.14. The minimum Gasteiger partial charge on any atom is -0.497 e. The van der Waals surface area contributed by atoms with Crippen molar-refractivity contribution >= 4 is 5.78 Å². The number of rotatable bonds is 6. The van der Waals surface area contributed by atoms with Gasteiger partial charge in [0.15, 0.2) is 0 Å². The second-order valence-corrected chi connectivity index (χ2v) is 3.23. The fraction of sp³-hybridized carbons (Fsp3) is 0.417. The Morgan fingerprint density at radius 2 is 1.71 bits per heavy atom. The quantitative estimate of drug-likeness (QED) is 0.557. The molecular weight excluding hydrogens is 224 g/mol. The zero-order chi connectivity index (χ0) is 12.8. The first-order valence-corrected chi connectivity index (χ1v) is 4.99. The summed E-state index contributed by atoms with van der Waals surface area (Å²) in [7, 11) is 5.84. The number of benzene rings is 1. The molecule has 0 bridgehead atoms. The number of carbonyl (C=O) groups is 1. The van der Waals surface area contributed by atoms with Crippen LogP contribution in [0, 0.1) is 0 Å². The number of Topliss-reactive ketones (excluding diaryl/α,β-unsaturated/α-hetero) is 1. The predicted molar refractivity (Wildman–Crippen MR) is 61.7 cm³/mol. The average Bonchev–Trinajstić information content (AvgIpc) is 2.39. The molecule has 0 aliphatic rings. The lowest BCUT2D eigenvalue weighted by atomic mass is 10.1. The fourth-order valence-electron chi connectivity index (χ4n) is 1.44. The first kappa shape index (κ1) is 13.5. The smallest absolute Gasteiger partial charge is 0.222 e. The van der Waals surface area contributed by atoms with Gasteiger partial charge in [-0.05, 0) is 12.1 Å². The maximum atomic E-state index is 12.0. The molecule has 0 saturated heterocycles. The summed E-state index contributed by atoms with van der Waals surface area (Å²) in [4.78, 5) is 12.0. The summed E-state index contributed by atoms with van der Waals surface area (Å²) in [5.41, 5.74) is 0.391. The van der Waals surface area contributed by atoms with Gasteiger partial charge in [0.1, 0.15) is 11.5 Å². The Bertz CT molecular complexity index is 384. The van der Waals surface area contributed by atoms with Gasteiger partial charge in [-0.15, -0.1) is 0 Å². The normalized spacial score (nSPS) is 10.4. The molecule has 0 radical (unpaired) electrons. The van der Waals surface area contributed by atoms with E-state index in [1.165, 1.54) is 21.3 Å². The third kappa shape index (κ3) is 2.95. The van der Waals surface area contributed by atoms with E-state index in [1.54, 1.807) is 25.3 Å². The molecule has 5 heteroatoms. The average molecular weight is 240 g/mol. The Hall–Kier alpha value is -1.59. The van der Waals surface area contributed by atoms with Gasteiger partial charge < -0.3 is 18.9 Å². The molecule has 0 unspecified atom stereocenters. The van der Waals surface area contributed by atoms with Crippen molar-refractivity contribution in [3.63, 3.8) is 0 Å². The van der Waals surface area contributed by atoms with Gasteiger partial charge in [-0.2, -0.15) is 0 Å². The number of methoxy groups -OCH3 is 4. The molecule has 0 spiro atoms. The molecule has 94 valence electrons. The van der Waals surface area contributed by atoms with Gasteiger partial charge in [0.2, 0.25) is 12.1 Å². The van der Waals surface area contributed by atoms with E-state index < -0.39 is 6.29 Å². The van der Waals surface area contributed by atoms with E-state index in [-0.39, 0.29) is 5.78 Å². The summed E-state index contributed by atoms with van der Waals surface area (Å²) >= 11 is 0. The summed E-state index contributed by atoms with van der Waals surface area (Å²) in [6, 6.07) is 4.93. The van der Waals surface area contributed by atoms with Crippen molar-refractivity contribution in [2.45, 2.75) is 6.29 Å². The van der Waals surface area contributed by atoms with Gasteiger partial charge in [0.05, 0.1) is 19.8 Å². The molecule has 0 aliphatic heterocycles. The topological polar surface area (TPSA) is 54.0 Å². The number of ketones is 1. The molecule has 0 aliphatic carbocycles. The van der Waals surface area contributed by atoms with Crippen molar-refractivity contribution in [2.75, 3.05) is 28.4 Å². The van der Waals surface area contributed by atoms with Crippen LogP contribution in [-0.2, 0) is 9.47 Å². The van der Waals surface area contributed by atoms with Crippen LogP contribution in [0.1, 0.15) is 10.4 Å². The Kier molecular flexibility index (Phi) is 4.93. The fourth-order valence-corrected chi connectivity index (χ4v) is 1.44. The van der Waals surface area contributed by atoms with E-state index in [4.69, 9.17) is 18.9 Å². The summed E-state index contributed by atoms with van der Waals surface area (Å²) in [5, 5.41) is 0. The third-order valence-corrected chi connectivity index (χ3v) is 2.32. The number of carbonyl (C=O) groups excluding carboxylic acids is 1. The van der Waals surface area contributed by atoms with Crippen LogP contribution < -0.4 is 9.47 Å². The SMILES string of the molecule is COc1ccc(C(=O)C(OC)OC)c(OC)c1. The van der Waals surface area contributed by atoms with Crippen LogP contribution in [0.25, 0.3) is 0 Å². The van der Waals surface area contributed by atoms with Gasteiger partial charge in [0, 0.05) is 20.3 Å². The molecule has 0 aromatic heterocycles. The van der Waals surface area contributed by atoms with E-state index in [0.717, 1.165) is 0 Å². The molecule has 0 saturated carbocycles. The van der Waals surface area contributed by atoms with Crippen molar-refractivity contribution in [3.8, 4) is 11.5 Å². The van der Waals surface area contributed by atoms with Crippen LogP contribution in [-0.4, -0.2) is 40.5 Å². The highest BCUT2D eigenvalue weighted by atomic mass is 16.7. The Balaban J connectivity index is 3.08. The second-order valence-electron chi connectivity index (χ2n) is 3.23. The number of hydrogen-bond acceptors (Lipinski definition) is 5. The maximum Gasteiger partial charge on any atom is 0.222 e. The largest absolute Gasteiger partial charge is 0.497 e. The highest BCUT2D eigenvalue weighted by Gasteiger charge is 2.22. The van der Waals surface area contributed by atoms with Crippen molar-refractivity contribution in [3.05, 3.63) is 23.8 Å². The minimum absolute atomic E-state index is 0.297. The van der Waals surface area contributed by atoms with E-state index in [2.05, 4.69) is 0 Å². The number of hydrogen-bond donors (Lipinski definition) is 0. The number of ether oxygens (including phenoxy) is 4. The van der Waals surface area contributed by atoms with Crippen LogP contribution in [0.15, 0.2) is 18.2 Å². The van der Waals surface area contributed by atoms with Crippen LogP contribution >= 0.6 is 0 Å². The monoisotopic (exact) mass is 240 g/mol. The zero-order valence-corrected chi connectivity index (χ0v) is 10.4. The summed E-state index contributed by atoms with van der Waals surface area (Å²) in [5.74, 6) is 0.743. The Morgan fingerprint density at radius 1 is 1.06 bits per heavy atom.